The lowest BCUT2D eigenvalue weighted by Gasteiger charge is -2.25. The Morgan fingerprint density at radius 1 is 1.33 bits per heavy atom. The number of nitrogens with one attached hydrogen (secondary N) is 1. The topological polar surface area (TPSA) is 42.2 Å². The fraction of sp³-hybridized carbons (Fsp3) is 0.267. The van der Waals surface area contributed by atoms with Gasteiger partial charge in [-0.15, -0.1) is 0 Å². The first-order chi connectivity index (χ1) is 8.84. The van der Waals surface area contributed by atoms with Crippen molar-refractivity contribution in [1.82, 2.24) is 0 Å². The quantitative estimate of drug-likeness (QED) is 0.898. The first-order valence-corrected chi connectivity index (χ1v) is 6.21. The van der Waals surface area contributed by atoms with Crippen molar-refractivity contribution < 1.29 is 9.21 Å². The summed E-state index contributed by atoms with van der Waals surface area (Å²) in [6.45, 7) is 0.860. The van der Waals surface area contributed by atoms with Gasteiger partial charge in [-0.25, -0.2) is 0 Å². The highest BCUT2D eigenvalue weighted by molar-refractivity contribution is 5.89. The zero-order valence-electron chi connectivity index (χ0n) is 10.1. The molecule has 1 unspecified atom stereocenters. The minimum atomic E-state index is 0.0114. The van der Waals surface area contributed by atoms with Crippen molar-refractivity contribution in [2.45, 2.75) is 18.8 Å². The predicted octanol–water partition coefficient (Wildman–Crippen LogP) is 2.99. The molecule has 1 atom stereocenters. The van der Waals surface area contributed by atoms with Crippen molar-refractivity contribution in [1.29, 1.82) is 0 Å². The van der Waals surface area contributed by atoms with Crippen molar-refractivity contribution >= 4 is 11.5 Å². The molecule has 0 spiro atoms. The van der Waals surface area contributed by atoms with Crippen LogP contribution < -0.4 is 5.32 Å². The molecule has 0 saturated carbocycles. The lowest BCUT2D eigenvalue weighted by molar-refractivity contribution is -0.120. The number of ketones is 1. The van der Waals surface area contributed by atoms with Gasteiger partial charge in [0, 0.05) is 24.6 Å². The van der Waals surface area contributed by atoms with Crippen LogP contribution in [0.4, 0.5) is 5.69 Å². The van der Waals surface area contributed by atoms with E-state index < -0.39 is 0 Å². The van der Waals surface area contributed by atoms with Crippen LogP contribution in [-0.4, -0.2) is 12.3 Å². The number of anilines is 1. The summed E-state index contributed by atoms with van der Waals surface area (Å²) in [5.74, 6) is 0.280. The smallest absolute Gasteiger partial charge is 0.144 e. The SMILES string of the molecule is O=C(Cc1ccoc1)C1CCNc2ccccc21. The number of carbonyl (C=O) groups is 1. The van der Waals surface area contributed by atoms with Gasteiger partial charge in [0.05, 0.1) is 12.5 Å². The molecule has 3 nitrogen and oxygen atoms in total. The van der Waals surface area contributed by atoms with Crippen LogP contribution in [0.15, 0.2) is 47.3 Å². The summed E-state index contributed by atoms with van der Waals surface area (Å²) in [6, 6.07) is 9.91. The fourth-order valence-electron chi connectivity index (χ4n) is 2.52. The Labute approximate surface area is 106 Å². The number of Topliss-reactive ketones (excluding diaryl/α,β-unsaturated/α-hetero) is 1. The first-order valence-electron chi connectivity index (χ1n) is 6.21. The van der Waals surface area contributed by atoms with Gasteiger partial charge < -0.3 is 9.73 Å². The van der Waals surface area contributed by atoms with Gasteiger partial charge in [0.1, 0.15) is 5.78 Å². The molecule has 1 aliphatic rings. The first kappa shape index (κ1) is 11.1. The highest BCUT2D eigenvalue weighted by Gasteiger charge is 2.25. The third-order valence-corrected chi connectivity index (χ3v) is 3.43. The summed E-state index contributed by atoms with van der Waals surface area (Å²) in [4.78, 5) is 12.4. The summed E-state index contributed by atoms with van der Waals surface area (Å²) < 4.78 is 5.01. The van der Waals surface area contributed by atoms with Crippen LogP contribution in [0.1, 0.15) is 23.5 Å². The Kier molecular flexibility index (Phi) is 2.89. The molecular formula is C15H15NO2. The van der Waals surface area contributed by atoms with E-state index in [2.05, 4.69) is 5.32 Å². The molecule has 0 amide bonds. The highest BCUT2D eigenvalue weighted by atomic mass is 16.3. The van der Waals surface area contributed by atoms with Gasteiger partial charge in [-0.3, -0.25) is 4.79 Å². The average Bonchev–Trinajstić information content (AvgIpc) is 2.91. The van der Waals surface area contributed by atoms with Gasteiger partial charge in [0.15, 0.2) is 0 Å². The summed E-state index contributed by atoms with van der Waals surface area (Å²) >= 11 is 0. The fourth-order valence-corrected chi connectivity index (χ4v) is 2.52. The number of carbonyl (C=O) groups excluding carboxylic acids is 1. The third-order valence-electron chi connectivity index (χ3n) is 3.43. The molecule has 0 bridgehead atoms. The molecule has 3 rings (SSSR count). The Morgan fingerprint density at radius 3 is 3.06 bits per heavy atom. The number of rotatable bonds is 3. The molecule has 0 radical (unpaired) electrons. The molecule has 0 saturated heterocycles. The maximum Gasteiger partial charge on any atom is 0.144 e. The van der Waals surface area contributed by atoms with E-state index in [0.29, 0.717) is 6.42 Å². The van der Waals surface area contributed by atoms with Crippen LogP contribution in [0, 0.1) is 0 Å². The second-order valence-corrected chi connectivity index (χ2v) is 4.63. The minimum absolute atomic E-state index is 0.0114. The summed E-state index contributed by atoms with van der Waals surface area (Å²) in [6.07, 6.45) is 4.58. The van der Waals surface area contributed by atoms with Crippen LogP contribution in [-0.2, 0) is 11.2 Å². The maximum absolute atomic E-state index is 12.4. The van der Waals surface area contributed by atoms with E-state index in [9.17, 15) is 4.79 Å². The van der Waals surface area contributed by atoms with E-state index in [-0.39, 0.29) is 11.7 Å². The Hall–Kier alpha value is -2.03. The highest BCUT2D eigenvalue weighted by Crippen LogP contribution is 2.32. The number of benzene rings is 1. The molecule has 1 aromatic heterocycles. The van der Waals surface area contributed by atoms with Crippen molar-refractivity contribution in [2.75, 3.05) is 11.9 Å². The Morgan fingerprint density at radius 2 is 2.22 bits per heavy atom. The van der Waals surface area contributed by atoms with Gasteiger partial charge in [0.2, 0.25) is 0 Å². The Bertz CT molecular complexity index is 545. The normalized spacial score (nSPS) is 17.9. The largest absolute Gasteiger partial charge is 0.472 e. The van der Waals surface area contributed by atoms with Crippen molar-refractivity contribution in [3.63, 3.8) is 0 Å². The van der Waals surface area contributed by atoms with Crippen LogP contribution in [0.3, 0.4) is 0 Å². The van der Waals surface area contributed by atoms with Crippen LogP contribution in [0.25, 0.3) is 0 Å². The van der Waals surface area contributed by atoms with Crippen molar-refractivity contribution in [3.05, 3.63) is 54.0 Å². The second-order valence-electron chi connectivity index (χ2n) is 4.63. The maximum atomic E-state index is 12.4. The van der Waals surface area contributed by atoms with E-state index in [1.165, 1.54) is 0 Å². The lowest BCUT2D eigenvalue weighted by Crippen LogP contribution is -2.24. The van der Waals surface area contributed by atoms with Crippen LogP contribution >= 0.6 is 0 Å². The molecule has 0 fully saturated rings. The van der Waals surface area contributed by atoms with Gasteiger partial charge in [-0.1, -0.05) is 18.2 Å². The Balaban J connectivity index is 1.83. The minimum Gasteiger partial charge on any atom is -0.472 e. The molecule has 3 heteroatoms. The van der Waals surface area contributed by atoms with E-state index in [4.69, 9.17) is 4.42 Å². The van der Waals surface area contributed by atoms with E-state index in [0.717, 1.165) is 29.8 Å². The molecule has 1 aliphatic heterocycles. The molecule has 92 valence electrons. The molecule has 2 aromatic rings. The van der Waals surface area contributed by atoms with Gasteiger partial charge in [0.25, 0.3) is 0 Å². The summed E-state index contributed by atoms with van der Waals surface area (Å²) in [5, 5.41) is 3.34. The van der Waals surface area contributed by atoms with Crippen molar-refractivity contribution in [2.24, 2.45) is 0 Å². The van der Waals surface area contributed by atoms with Crippen molar-refractivity contribution in [3.8, 4) is 0 Å². The van der Waals surface area contributed by atoms with E-state index in [1.54, 1.807) is 12.5 Å². The number of hydrogen-bond acceptors (Lipinski definition) is 3. The number of furan rings is 1. The standard InChI is InChI=1S/C15H15NO2/c17-15(9-11-6-8-18-10-11)13-5-7-16-14-4-2-1-3-12(13)14/h1-4,6,8,10,13,16H,5,7,9H2. The number of hydrogen-bond donors (Lipinski definition) is 1. The van der Waals surface area contributed by atoms with Gasteiger partial charge in [-0.05, 0) is 29.7 Å². The number of fused-ring (bicyclic) bond motifs is 1. The lowest BCUT2D eigenvalue weighted by atomic mass is 9.85. The van der Waals surface area contributed by atoms with Crippen LogP contribution in [0.2, 0.25) is 0 Å². The van der Waals surface area contributed by atoms with Crippen LogP contribution in [0.5, 0.6) is 0 Å². The summed E-state index contributed by atoms with van der Waals surface area (Å²) in [5.41, 5.74) is 3.17. The molecule has 2 heterocycles. The molecule has 1 aromatic carbocycles. The molecule has 18 heavy (non-hydrogen) atoms. The average molecular weight is 241 g/mol. The zero-order valence-corrected chi connectivity index (χ0v) is 10.1. The van der Waals surface area contributed by atoms with Gasteiger partial charge >= 0.3 is 0 Å². The zero-order chi connectivity index (χ0) is 12.4. The monoisotopic (exact) mass is 241 g/mol. The second kappa shape index (κ2) is 4.69. The molecular weight excluding hydrogens is 226 g/mol. The van der Waals surface area contributed by atoms with E-state index in [1.807, 2.05) is 30.3 Å². The van der Waals surface area contributed by atoms with Gasteiger partial charge in [-0.2, -0.15) is 0 Å². The third kappa shape index (κ3) is 2.04. The summed E-state index contributed by atoms with van der Waals surface area (Å²) in [7, 11) is 0. The molecule has 0 aliphatic carbocycles. The van der Waals surface area contributed by atoms with E-state index >= 15 is 0 Å². The number of para-hydroxylation sites is 1. The predicted molar refractivity (Wildman–Crippen MR) is 69.7 cm³/mol. The molecule has 1 N–H and O–H groups in total.